The van der Waals surface area contributed by atoms with Gasteiger partial charge in [-0.3, -0.25) is 9.20 Å². The summed E-state index contributed by atoms with van der Waals surface area (Å²) in [4.78, 5) is 6.89. The summed E-state index contributed by atoms with van der Waals surface area (Å²) in [6.45, 7) is 9.01. The minimum atomic E-state index is -0.812. The zero-order chi connectivity index (χ0) is 16.9. The van der Waals surface area contributed by atoms with E-state index in [4.69, 9.17) is 0 Å². The minimum Gasteiger partial charge on any atom is -0.355 e. The third-order valence-electron chi connectivity index (χ3n) is 4.78. The molecule has 0 aromatic heterocycles. The van der Waals surface area contributed by atoms with Crippen molar-refractivity contribution in [1.82, 2.24) is 10.2 Å². The van der Waals surface area contributed by atoms with E-state index in [-0.39, 0.29) is 28.7 Å². The average molecular weight is 488 g/mol. The van der Waals surface area contributed by atoms with E-state index in [1.807, 2.05) is 27.8 Å². The fourth-order valence-electron chi connectivity index (χ4n) is 3.42. The normalized spacial score (nSPS) is 22.8. The third kappa shape index (κ3) is 6.34. The molecule has 1 unspecified atom stereocenters. The van der Waals surface area contributed by atoms with Crippen LogP contribution in [0.3, 0.4) is 0 Å². The molecule has 7 heteroatoms. The maximum atomic E-state index is 12.2. The Labute approximate surface area is 171 Å². The lowest BCUT2D eigenvalue weighted by Gasteiger charge is -2.45. The smallest absolute Gasteiger partial charge is 0.193 e. The quantitative estimate of drug-likeness (QED) is 0.376. The number of nitrogens with one attached hydrogen (secondary N) is 1. The fraction of sp³-hybridized carbons (Fsp3) is 0.941. The van der Waals surface area contributed by atoms with Gasteiger partial charge in [-0.15, -0.1) is 24.0 Å². The van der Waals surface area contributed by atoms with Crippen molar-refractivity contribution in [1.29, 1.82) is 0 Å². The molecule has 1 aliphatic heterocycles. The predicted octanol–water partition coefficient (Wildman–Crippen LogP) is 3.48. The lowest BCUT2D eigenvalue weighted by atomic mass is 9.87. The van der Waals surface area contributed by atoms with Crippen LogP contribution >= 0.6 is 35.7 Å². The zero-order valence-electron chi connectivity index (χ0n) is 15.6. The number of hydrogen-bond donors (Lipinski definition) is 1. The van der Waals surface area contributed by atoms with Crippen LogP contribution in [0.2, 0.25) is 0 Å². The van der Waals surface area contributed by atoms with Crippen molar-refractivity contribution in [2.75, 3.05) is 38.2 Å². The Morgan fingerprint density at radius 2 is 1.96 bits per heavy atom. The summed E-state index contributed by atoms with van der Waals surface area (Å²) in [7, 11) is 1.05. The third-order valence-corrected chi connectivity index (χ3v) is 8.26. The molecule has 0 amide bonds. The summed E-state index contributed by atoms with van der Waals surface area (Å²) in [6.07, 6.45) is 6.83. The number of guanidine groups is 1. The Hall–Kier alpha value is 0.500. The SMILES string of the molecule is CN=C(NCCS(=O)C(C)(C)C)N1CCSC2(CCCCC2)C1.I. The number of thioether (sulfide) groups is 1. The van der Waals surface area contributed by atoms with E-state index < -0.39 is 10.8 Å². The van der Waals surface area contributed by atoms with Crippen LogP contribution in [-0.2, 0) is 10.8 Å². The molecule has 0 aromatic rings. The van der Waals surface area contributed by atoms with Gasteiger partial charge in [-0.2, -0.15) is 11.8 Å². The van der Waals surface area contributed by atoms with Gasteiger partial charge in [-0.1, -0.05) is 19.3 Å². The van der Waals surface area contributed by atoms with Gasteiger partial charge in [0.15, 0.2) is 5.96 Å². The average Bonchev–Trinajstić information content (AvgIpc) is 2.51. The van der Waals surface area contributed by atoms with Crippen molar-refractivity contribution in [2.24, 2.45) is 4.99 Å². The molecule has 2 rings (SSSR count). The number of aliphatic imine (C=N–C) groups is 1. The van der Waals surface area contributed by atoms with Gasteiger partial charge in [0.2, 0.25) is 0 Å². The fourth-order valence-corrected chi connectivity index (χ4v) is 5.89. The van der Waals surface area contributed by atoms with E-state index >= 15 is 0 Å². The van der Waals surface area contributed by atoms with Crippen LogP contribution in [0.15, 0.2) is 4.99 Å². The molecule has 1 aliphatic carbocycles. The number of rotatable bonds is 3. The Morgan fingerprint density at radius 3 is 2.54 bits per heavy atom. The van der Waals surface area contributed by atoms with Crippen LogP contribution in [-0.4, -0.2) is 62.8 Å². The molecule has 4 nitrogen and oxygen atoms in total. The van der Waals surface area contributed by atoms with Gasteiger partial charge in [-0.25, -0.2) is 0 Å². The molecule has 142 valence electrons. The number of halogens is 1. The first-order chi connectivity index (χ1) is 10.9. The van der Waals surface area contributed by atoms with Crippen molar-refractivity contribution in [3.05, 3.63) is 0 Å². The molecule has 1 heterocycles. The van der Waals surface area contributed by atoms with Gasteiger partial charge in [-0.05, 0) is 33.6 Å². The highest BCUT2D eigenvalue weighted by Crippen LogP contribution is 2.42. The van der Waals surface area contributed by atoms with E-state index in [2.05, 4.69) is 27.0 Å². The Morgan fingerprint density at radius 1 is 1.29 bits per heavy atom. The molecule has 1 saturated heterocycles. The zero-order valence-corrected chi connectivity index (χ0v) is 19.6. The molecule has 1 saturated carbocycles. The second-order valence-corrected chi connectivity index (χ2v) is 11.5. The summed E-state index contributed by atoms with van der Waals surface area (Å²) >= 11 is 2.18. The Bertz CT molecular complexity index is 440. The molecule has 2 fully saturated rings. The topological polar surface area (TPSA) is 44.7 Å². The molecule has 0 bridgehead atoms. The van der Waals surface area contributed by atoms with Crippen molar-refractivity contribution in [3.8, 4) is 0 Å². The van der Waals surface area contributed by atoms with Crippen LogP contribution in [0.4, 0.5) is 0 Å². The van der Waals surface area contributed by atoms with Gasteiger partial charge in [0.05, 0.1) is 0 Å². The molecule has 1 spiro atoms. The first-order valence-corrected chi connectivity index (χ1v) is 11.1. The van der Waals surface area contributed by atoms with E-state index in [9.17, 15) is 4.21 Å². The van der Waals surface area contributed by atoms with Crippen LogP contribution in [0, 0.1) is 0 Å². The summed E-state index contributed by atoms with van der Waals surface area (Å²) < 4.78 is 12.5. The van der Waals surface area contributed by atoms with E-state index in [0.717, 1.165) is 25.6 Å². The summed E-state index contributed by atoms with van der Waals surface area (Å²) in [5.41, 5.74) is 0. The minimum absolute atomic E-state index is 0. The first-order valence-electron chi connectivity index (χ1n) is 8.84. The maximum Gasteiger partial charge on any atom is 0.193 e. The molecule has 0 radical (unpaired) electrons. The molecule has 0 aromatic carbocycles. The Kier molecular flexibility index (Phi) is 9.39. The maximum absolute atomic E-state index is 12.2. The molecule has 1 atom stereocenters. The second-order valence-electron chi connectivity index (χ2n) is 7.65. The summed E-state index contributed by atoms with van der Waals surface area (Å²) in [5.74, 6) is 2.85. The van der Waals surface area contributed by atoms with E-state index in [1.165, 1.54) is 37.9 Å². The lowest BCUT2D eigenvalue weighted by molar-refractivity contribution is 0.293. The highest BCUT2D eigenvalue weighted by atomic mass is 127. The van der Waals surface area contributed by atoms with Gasteiger partial charge < -0.3 is 10.2 Å². The second kappa shape index (κ2) is 10.00. The van der Waals surface area contributed by atoms with Crippen LogP contribution < -0.4 is 5.32 Å². The summed E-state index contributed by atoms with van der Waals surface area (Å²) in [6, 6.07) is 0. The standard InChI is InChI=1S/C17H33N3OS2.HI/c1-16(2,3)23(21)13-10-19-15(18-4)20-11-12-22-17(14-20)8-6-5-7-9-17;/h5-14H2,1-4H3,(H,18,19);1H. The molecule has 2 aliphatic rings. The van der Waals surface area contributed by atoms with Crippen LogP contribution in [0.1, 0.15) is 52.9 Å². The number of nitrogens with zero attached hydrogens (tertiary/aromatic N) is 2. The van der Waals surface area contributed by atoms with Gasteiger partial charge in [0, 0.05) is 58.5 Å². The molecular formula is C17H34IN3OS2. The van der Waals surface area contributed by atoms with E-state index in [1.54, 1.807) is 0 Å². The molecular weight excluding hydrogens is 453 g/mol. The summed E-state index contributed by atoms with van der Waals surface area (Å²) in [5, 5.41) is 3.44. The van der Waals surface area contributed by atoms with Gasteiger partial charge in [0.1, 0.15) is 0 Å². The van der Waals surface area contributed by atoms with Crippen LogP contribution in [0.5, 0.6) is 0 Å². The van der Waals surface area contributed by atoms with Crippen molar-refractivity contribution >= 4 is 52.5 Å². The number of hydrogen-bond acceptors (Lipinski definition) is 3. The Balaban J connectivity index is 0.00000288. The molecule has 24 heavy (non-hydrogen) atoms. The first kappa shape index (κ1) is 22.5. The highest BCUT2D eigenvalue weighted by Gasteiger charge is 2.38. The van der Waals surface area contributed by atoms with Crippen LogP contribution in [0.25, 0.3) is 0 Å². The van der Waals surface area contributed by atoms with Gasteiger partial charge in [0.25, 0.3) is 0 Å². The lowest BCUT2D eigenvalue weighted by Crippen LogP contribution is -2.53. The molecule has 1 N–H and O–H groups in total. The van der Waals surface area contributed by atoms with Crippen molar-refractivity contribution in [3.63, 3.8) is 0 Å². The highest BCUT2D eigenvalue weighted by molar-refractivity contribution is 14.0. The predicted molar refractivity (Wildman–Crippen MR) is 119 cm³/mol. The van der Waals surface area contributed by atoms with Gasteiger partial charge >= 0.3 is 0 Å². The van der Waals surface area contributed by atoms with Crippen molar-refractivity contribution < 1.29 is 4.21 Å². The van der Waals surface area contributed by atoms with E-state index in [0.29, 0.717) is 10.5 Å². The monoisotopic (exact) mass is 487 g/mol. The van der Waals surface area contributed by atoms with Crippen molar-refractivity contribution in [2.45, 2.75) is 62.4 Å². The largest absolute Gasteiger partial charge is 0.355 e.